The van der Waals surface area contributed by atoms with Crippen molar-refractivity contribution in [1.29, 1.82) is 0 Å². The maximum Gasteiger partial charge on any atom is 0.262 e. The van der Waals surface area contributed by atoms with Crippen molar-refractivity contribution in [3.8, 4) is 11.5 Å². The Labute approximate surface area is 197 Å². The highest BCUT2D eigenvalue weighted by Gasteiger charge is 2.30. The number of nitrogens with zero attached hydrogens (tertiary/aromatic N) is 2. The van der Waals surface area contributed by atoms with Crippen LogP contribution < -0.4 is 14.8 Å². The molecular weight excluding hydrogens is 466 g/mol. The number of sulfonamides is 1. The first-order valence-electron chi connectivity index (χ1n) is 10.6. The second-order valence-electron chi connectivity index (χ2n) is 7.49. The Balaban J connectivity index is 1.51. The molecule has 4 rings (SSSR count). The van der Waals surface area contributed by atoms with Gasteiger partial charge in [0.25, 0.3) is 5.91 Å². The largest absolute Gasteiger partial charge is 0.492 e. The molecule has 0 spiro atoms. The Kier molecular flexibility index (Phi) is 7.02. The molecule has 0 unspecified atom stereocenters. The Bertz CT molecular complexity index is 1280. The molecule has 1 amide bonds. The fourth-order valence-electron chi connectivity index (χ4n) is 3.70. The zero-order valence-corrected chi connectivity index (χ0v) is 19.7. The van der Waals surface area contributed by atoms with Crippen molar-refractivity contribution >= 4 is 44.1 Å². The second-order valence-corrected chi connectivity index (χ2v) is 9.80. The van der Waals surface area contributed by atoms with Crippen molar-refractivity contribution in [2.45, 2.75) is 24.7 Å². The quantitative estimate of drug-likeness (QED) is 0.511. The number of anilines is 1. The minimum absolute atomic E-state index is 0.0397. The fraction of sp³-hybridized carbons (Fsp3) is 0.304. The number of nitrogens with one attached hydrogen (secondary N) is 1. The molecule has 2 aromatic carbocycles. The first-order valence-corrected chi connectivity index (χ1v) is 12.4. The van der Waals surface area contributed by atoms with Crippen LogP contribution in [0, 0.1) is 0 Å². The number of carbonyl (C=O) groups excluding carboxylic acids is 1. The van der Waals surface area contributed by atoms with Gasteiger partial charge in [0, 0.05) is 30.4 Å². The number of carbonyl (C=O) groups is 1. The van der Waals surface area contributed by atoms with E-state index in [2.05, 4.69) is 10.3 Å². The lowest BCUT2D eigenvalue weighted by Crippen LogP contribution is -2.28. The molecule has 0 atom stereocenters. The number of pyridine rings is 1. The Morgan fingerprint density at radius 1 is 1.12 bits per heavy atom. The SMILES string of the molecule is CCOc1ccc(NC(=O)COc2ccc(Cl)c3cccnc23)cc1S(=O)(=O)N1CCCC1. The highest BCUT2D eigenvalue weighted by molar-refractivity contribution is 7.89. The highest BCUT2D eigenvalue weighted by atomic mass is 35.5. The monoisotopic (exact) mass is 489 g/mol. The summed E-state index contributed by atoms with van der Waals surface area (Å²) in [5.74, 6) is 0.245. The number of aromatic nitrogens is 1. The molecule has 1 aliphatic rings. The first kappa shape index (κ1) is 23.3. The van der Waals surface area contributed by atoms with E-state index in [0.29, 0.717) is 41.7 Å². The van der Waals surface area contributed by atoms with Crippen molar-refractivity contribution in [3.63, 3.8) is 0 Å². The normalized spacial score (nSPS) is 14.4. The number of amides is 1. The van der Waals surface area contributed by atoms with E-state index >= 15 is 0 Å². The molecule has 0 aliphatic carbocycles. The predicted octanol–water partition coefficient (Wildman–Crippen LogP) is 4.09. The number of rotatable bonds is 8. The third kappa shape index (κ3) is 5.05. The van der Waals surface area contributed by atoms with E-state index in [9.17, 15) is 13.2 Å². The van der Waals surface area contributed by atoms with Crippen LogP contribution in [0.3, 0.4) is 0 Å². The maximum atomic E-state index is 13.1. The number of hydrogen-bond donors (Lipinski definition) is 1. The summed E-state index contributed by atoms with van der Waals surface area (Å²) in [4.78, 5) is 16.9. The van der Waals surface area contributed by atoms with Crippen LogP contribution >= 0.6 is 11.6 Å². The van der Waals surface area contributed by atoms with Gasteiger partial charge < -0.3 is 14.8 Å². The van der Waals surface area contributed by atoms with Crippen LogP contribution in [-0.2, 0) is 14.8 Å². The average molecular weight is 490 g/mol. The lowest BCUT2D eigenvalue weighted by atomic mass is 10.2. The van der Waals surface area contributed by atoms with E-state index in [1.807, 2.05) is 6.07 Å². The van der Waals surface area contributed by atoms with Crippen LogP contribution in [0.1, 0.15) is 19.8 Å². The third-order valence-electron chi connectivity index (χ3n) is 5.25. The highest BCUT2D eigenvalue weighted by Crippen LogP contribution is 2.32. The van der Waals surface area contributed by atoms with Gasteiger partial charge in [-0.2, -0.15) is 4.31 Å². The van der Waals surface area contributed by atoms with Crippen molar-refractivity contribution in [3.05, 3.63) is 53.7 Å². The molecule has 0 bridgehead atoms. The zero-order chi connectivity index (χ0) is 23.4. The third-order valence-corrected chi connectivity index (χ3v) is 7.50. The van der Waals surface area contributed by atoms with Crippen LogP contribution in [-0.4, -0.2) is 49.9 Å². The van der Waals surface area contributed by atoms with E-state index in [-0.39, 0.29) is 17.3 Å². The molecule has 0 radical (unpaired) electrons. The second kappa shape index (κ2) is 9.94. The van der Waals surface area contributed by atoms with Gasteiger partial charge in [0.15, 0.2) is 6.61 Å². The van der Waals surface area contributed by atoms with Crippen LogP contribution in [0.5, 0.6) is 11.5 Å². The van der Waals surface area contributed by atoms with Gasteiger partial charge in [0.1, 0.15) is 21.9 Å². The summed E-state index contributed by atoms with van der Waals surface area (Å²) in [6, 6.07) is 11.5. The van der Waals surface area contributed by atoms with Crippen molar-refractivity contribution < 1.29 is 22.7 Å². The van der Waals surface area contributed by atoms with Crippen LogP contribution in [0.2, 0.25) is 5.02 Å². The topological polar surface area (TPSA) is 97.8 Å². The molecule has 3 aromatic rings. The molecule has 10 heteroatoms. The number of hydrogen-bond acceptors (Lipinski definition) is 6. The van der Waals surface area contributed by atoms with Crippen molar-refractivity contribution in [2.24, 2.45) is 0 Å². The average Bonchev–Trinajstić information content (AvgIpc) is 3.36. The molecule has 1 aliphatic heterocycles. The molecule has 1 N–H and O–H groups in total. The first-order chi connectivity index (χ1) is 15.9. The Morgan fingerprint density at radius 3 is 2.64 bits per heavy atom. The number of ether oxygens (including phenoxy) is 2. The fourth-order valence-corrected chi connectivity index (χ4v) is 5.59. The van der Waals surface area contributed by atoms with Crippen molar-refractivity contribution in [2.75, 3.05) is 31.6 Å². The zero-order valence-electron chi connectivity index (χ0n) is 18.1. The molecular formula is C23H24ClN3O5S. The summed E-state index contributed by atoms with van der Waals surface area (Å²) >= 11 is 6.20. The van der Waals surface area contributed by atoms with Gasteiger partial charge in [-0.15, -0.1) is 0 Å². The number of benzene rings is 2. The van der Waals surface area contributed by atoms with Gasteiger partial charge in [-0.3, -0.25) is 9.78 Å². The van der Waals surface area contributed by atoms with Crippen LogP contribution in [0.25, 0.3) is 10.9 Å². The molecule has 1 aromatic heterocycles. The van der Waals surface area contributed by atoms with Crippen molar-refractivity contribution in [1.82, 2.24) is 9.29 Å². The Hall–Kier alpha value is -2.88. The van der Waals surface area contributed by atoms with Crippen LogP contribution in [0.15, 0.2) is 53.6 Å². The summed E-state index contributed by atoms with van der Waals surface area (Å²) in [7, 11) is -3.73. The van der Waals surface area contributed by atoms with E-state index in [4.69, 9.17) is 21.1 Å². The molecule has 2 heterocycles. The molecule has 8 nitrogen and oxygen atoms in total. The van der Waals surface area contributed by atoms with E-state index < -0.39 is 15.9 Å². The smallest absolute Gasteiger partial charge is 0.262 e. The molecule has 0 saturated carbocycles. The van der Waals surface area contributed by atoms with Gasteiger partial charge in [-0.05, 0) is 62.2 Å². The molecule has 1 saturated heterocycles. The number of fused-ring (bicyclic) bond motifs is 1. The van der Waals surface area contributed by atoms with Gasteiger partial charge in [-0.1, -0.05) is 11.6 Å². The minimum atomic E-state index is -3.73. The molecule has 174 valence electrons. The van der Waals surface area contributed by atoms with Gasteiger partial charge in [0.05, 0.1) is 11.6 Å². The summed E-state index contributed by atoms with van der Waals surface area (Å²) in [6.45, 7) is 2.78. The number of halogens is 1. The maximum absolute atomic E-state index is 13.1. The minimum Gasteiger partial charge on any atom is -0.492 e. The van der Waals surface area contributed by atoms with Gasteiger partial charge >= 0.3 is 0 Å². The summed E-state index contributed by atoms with van der Waals surface area (Å²) < 4.78 is 38.9. The van der Waals surface area contributed by atoms with E-state index in [1.54, 1.807) is 43.5 Å². The van der Waals surface area contributed by atoms with Crippen LogP contribution in [0.4, 0.5) is 5.69 Å². The molecule has 1 fully saturated rings. The molecule has 33 heavy (non-hydrogen) atoms. The van der Waals surface area contributed by atoms with Gasteiger partial charge in [0.2, 0.25) is 10.0 Å². The Morgan fingerprint density at radius 2 is 1.88 bits per heavy atom. The lowest BCUT2D eigenvalue weighted by Gasteiger charge is -2.19. The standard InChI is InChI=1S/C23H24ClN3O5S/c1-2-31-19-9-7-16(14-21(19)33(29,30)27-12-3-4-13-27)26-22(28)15-32-20-10-8-18(24)17-6-5-11-25-23(17)20/h5-11,14H,2-4,12-13,15H2,1H3,(H,26,28). The van der Waals surface area contributed by atoms with E-state index in [1.165, 1.54) is 10.4 Å². The lowest BCUT2D eigenvalue weighted by molar-refractivity contribution is -0.118. The van der Waals surface area contributed by atoms with E-state index in [0.717, 1.165) is 18.2 Å². The summed E-state index contributed by atoms with van der Waals surface area (Å²) in [5, 5.41) is 3.96. The van der Waals surface area contributed by atoms with Gasteiger partial charge in [-0.25, -0.2) is 8.42 Å². The summed E-state index contributed by atoms with van der Waals surface area (Å²) in [6.07, 6.45) is 3.27. The summed E-state index contributed by atoms with van der Waals surface area (Å²) in [5.41, 5.74) is 0.891. The predicted molar refractivity (Wildman–Crippen MR) is 126 cm³/mol.